The molecule has 0 bridgehead atoms. The highest BCUT2D eigenvalue weighted by atomic mass is 19.4. The van der Waals surface area contributed by atoms with Crippen LogP contribution in [0.3, 0.4) is 0 Å². The first-order valence-corrected chi connectivity index (χ1v) is 7.55. The highest BCUT2D eigenvalue weighted by Gasteiger charge is 2.48. The van der Waals surface area contributed by atoms with Gasteiger partial charge in [-0.05, 0) is 28.3 Å². The fraction of sp³-hybridized carbons (Fsp3) is 0.353. The summed E-state index contributed by atoms with van der Waals surface area (Å²) < 4.78 is 41.5. The van der Waals surface area contributed by atoms with Crippen molar-refractivity contribution < 1.29 is 18.0 Å². The summed E-state index contributed by atoms with van der Waals surface area (Å²) in [4.78, 5) is 11.4. The molecule has 6 heteroatoms. The Labute approximate surface area is 132 Å². The van der Waals surface area contributed by atoms with Crippen LogP contribution in [0.25, 0.3) is 10.8 Å². The smallest absolute Gasteiger partial charge is 0.288 e. The van der Waals surface area contributed by atoms with Gasteiger partial charge in [-0.3, -0.25) is 10.2 Å². The van der Waals surface area contributed by atoms with Crippen LogP contribution in [0.1, 0.15) is 30.5 Å². The molecule has 0 aliphatic carbocycles. The number of fused-ring (bicyclic) bond motifs is 1. The molecule has 3 rings (SSSR count). The van der Waals surface area contributed by atoms with Gasteiger partial charge < -0.3 is 0 Å². The van der Waals surface area contributed by atoms with E-state index in [-0.39, 0.29) is 24.4 Å². The van der Waals surface area contributed by atoms with Crippen molar-refractivity contribution in [2.75, 3.05) is 6.54 Å². The first-order chi connectivity index (χ1) is 10.9. The van der Waals surface area contributed by atoms with E-state index in [0.717, 1.165) is 10.4 Å². The van der Waals surface area contributed by atoms with Gasteiger partial charge in [0.1, 0.15) is 0 Å². The van der Waals surface area contributed by atoms with Gasteiger partial charge in [-0.2, -0.15) is 13.2 Å². The van der Waals surface area contributed by atoms with Crippen molar-refractivity contribution in [1.29, 1.82) is 0 Å². The van der Waals surface area contributed by atoms with Crippen molar-refractivity contribution in [3.63, 3.8) is 0 Å². The van der Waals surface area contributed by atoms with Crippen LogP contribution in [0, 0.1) is 0 Å². The number of hydrazine groups is 1. The van der Waals surface area contributed by atoms with Crippen LogP contribution in [-0.2, 0) is 11.2 Å². The van der Waals surface area contributed by atoms with Gasteiger partial charge in [0.05, 0.1) is 0 Å². The van der Waals surface area contributed by atoms with E-state index in [1.165, 1.54) is 0 Å². The average Bonchev–Trinajstić information content (AvgIpc) is 2.92. The number of benzene rings is 2. The lowest BCUT2D eigenvalue weighted by Gasteiger charge is -2.31. The number of nitrogens with one attached hydrogen (secondary N) is 1. The van der Waals surface area contributed by atoms with Gasteiger partial charge in [-0.1, -0.05) is 43.3 Å². The molecule has 1 heterocycles. The van der Waals surface area contributed by atoms with E-state index >= 15 is 0 Å². The van der Waals surface area contributed by atoms with Crippen LogP contribution in [0.4, 0.5) is 13.2 Å². The summed E-state index contributed by atoms with van der Waals surface area (Å²) in [5.41, 5.74) is 3.23. The van der Waals surface area contributed by atoms with E-state index in [9.17, 15) is 18.0 Å². The maximum atomic E-state index is 13.8. The number of hydrogen-bond acceptors (Lipinski definition) is 2. The molecule has 1 N–H and O–H groups in total. The topological polar surface area (TPSA) is 32.3 Å². The van der Waals surface area contributed by atoms with Crippen molar-refractivity contribution in [3.05, 3.63) is 47.5 Å². The largest absolute Gasteiger partial charge is 0.409 e. The maximum Gasteiger partial charge on any atom is 0.409 e. The quantitative estimate of drug-likeness (QED) is 0.933. The van der Waals surface area contributed by atoms with Crippen molar-refractivity contribution in [2.45, 2.75) is 32.0 Å². The Morgan fingerprint density at radius 2 is 1.96 bits per heavy atom. The van der Waals surface area contributed by atoms with Crippen LogP contribution in [0.2, 0.25) is 0 Å². The van der Waals surface area contributed by atoms with Crippen LogP contribution < -0.4 is 5.43 Å². The molecule has 0 aromatic heterocycles. The van der Waals surface area contributed by atoms with Crippen LogP contribution in [0.5, 0.6) is 0 Å². The zero-order chi connectivity index (χ0) is 16.6. The second-order valence-corrected chi connectivity index (χ2v) is 5.64. The van der Waals surface area contributed by atoms with E-state index < -0.39 is 12.2 Å². The summed E-state index contributed by atoms with van der Waals surface area (Å²) in [5, 5.41) is 2.36. The van der Waals surface area contributed by atoms with Crippen LogP contribution >= 0.6 is 0 Å². The normalized spacial score (nSPS) is 17.5. The monoisotopic (exact) mass is 322 g/mol. The molecule has 122 valence electrons. The Balaban J connectivity index is 2.23. The summed E-state index contributed by atoms with van der Waals surface area (Å²) in [7, 11) is 0. The van der Waals surface area contributed by atoms with Crippen molar-refractivity contribution >= 4 is 16.7 Å². The number of aryl methyl sites for hydroxylation is 1. The number of halogens is 3. The van der Waals surface area contributed by atoms with E-state index in [1.54, 1.807) is 30.3 Å². The number of nitrogens with zero attached hydrogens (tertiary/aromatic N) is 1. The molecular weight excluding hydrogens is 305 g/mol. The zero-order valence-electron chi connectivity index (χ0n) is 12.7. The number of hydrogen-bond donors (Lipinski definition) is 1. The standard InChI is InChI=1S/C17H17F3N2O/c1-2-11-7-8-12-5-3-4-6-13(12)15(11)16(17(18,19)20)22-10-9-14(23)21-22/h3-8,16H,2,9-10H2,1H3,(H,21,23). The summed E-state index contributed by atoms with van der Waals surface area (Å²) in [6.45, 7) is 1.89. The fourth-order valence-electron chi connectivity index (χ4n) is 3.16. The highest BCUT2D eigenvalue weighted by molar-refractivity contribution is 5.87. The van der Waals surface area contributed by atoms with Gasteiger partial charge in [0.25, 0.3) is 0 Å². The summed E-state index contributed by atoms with van der Waals surface area (Å²) >= 11 is 0. The Kier molecular flexibility index (Phi) is 4.02. The van der Waals surface area contributed by atoms with E-state index in [2.05, 4.69) is 5.43 Å². The third kappa shape index (κ3) is 2.91. The fourth-order valence-corrected chi connectivity index (χ4v) is 3.16. The minimum Gasteiger partial charge on any atom is -0.288 e. The minimum absolute atomic E-state index is 0.0510. The lowest BCUT2D eigenvalue weighted by Crippen LogP contribution is -2.44. The highest BCUT2D eigenvalue weighted by Crippen LogP contribution is 2.42. The number of carbonyl (C=O) groups excluding carboxylic acids is 1. The van der Waals surface area contributed by atoms with Gasteiger partial charge >= 0.3 is 6.18 Å². The molecule has 1 saturated heterocycles. The number of rotatable bonds is 3. The maximum absolute atomic E-state index is 13.8. The van der Waals surface area contributed by atoms with Gasteiger partial charge in [0.15, 0.2) is 6.04 Å². The molecule has 23 heavy (non-hydrogen) atoms. The molecule has 0 radical (unpaired) electrons. The predicted molar refractivity (Wildman–Crippen MR) is 81.6 cm³/mol. The third-order valence-corrected chi connectivity index (χ3v) is 4.19. The first kappa shape index (κ1) is 15.8. The van der Waals surface area contributed by atoms with Gasteiger partial charge in [-0.15, -0.1) is 0 Å². The molecule has 1 aliphatic heterocycles. The zero-order valence-corrected chi connectivity index (χ0v) is 12.7. The second kappa shape index (κ2) is 5.85. The van der Waals surface area contributed by atoms with E-state index in [4.69, 9.17) is 0 Å². The van der Waals surface area contributed by atoms with Gasteiger partial charge in [0, 0.05) is 13.0 Å². The molecule has 0 saturated carbocycles. The molecule has 1 atom stereocenters. The minimum atomic E-state index is -4.48. The molecule has 0 spiro atoms. The summed E-state index contributed by atoms with van der Waals surface area (Å²) in [6, 6.07) is 8.80. The Morgan fingerprint density at radius 3 is 2.57 bits per heavy atom. The molecular formula is C17H17F3N2O. The van der Waals surface area contributed by atoms with Crippen LogP contribution in [0.15, 0.2) is 36.4 Å². The lowest BCUT2D eigenvalue weighted by atomic mass is 9.91. The molecule has 1 fully saturated rings. The van der Waals surface area contributed by atoms with Crippen molar-refractivity contribution in [2.24, 2.45) is 0 Å². The van der Waals surface area contributed by atoms with Gasteiger partial charge in [-0.25, -0.2) is 5.01 Å². The Bertz CT molecular complexity index is 742. The number of carbonyl (C=O) groups is 1. The molecule has 2 aromatic rings. The average molecular weight is 322 g/mol. The number of amides is 1. The summed E-state index contributed by atoms with van der Waals surface area (Å²) in [6.07, 6.45) is -3.90. The van der Waals surface area contributed by atoms with E-state index in [1.807, 2.05) is 13.0 Å². The lowest BCUT2D eigenvalue weighted by molar-refractivity contribution is -0.190. The molecule has 3 nitrogen and oxygen atoms in total. The first-order valence-electron chi connectivity index (χ1n) is 7.55. The SMILES string of the molecule is CCc1ccc2ccccc2c1C(N1CCC(=O)N1)C(F)(F)F. The molecule has 1 unspecified atom stereocenters. The van der Waals surface area contributed by atoms with Crippen molar-refractivity contribution in [1.82, 2.24) is 10.4 Å². The molecule has 1 aliphatic rings. The second-order valence-electron chi connectivity index (χ2n) is 5.64. The molecule has 1 amide bonds. The summed E-state index contributed by atoms with van der Waals surface area (Å²) in [5.74, 6) is -0.377. The molecule has 2 aromatic carbocycles. The predicted octanol–water partition coefficient (Wildman–Crippen LogP) is 3.74. The van der Waals surface area contributed by atoms with Gasteiger partial charge in [0.2, 0.25) is 5.91 Å². The Morgan fingerprint density at radius 1 is 1.22 bits per heavy atom. The number of alkyl halides is 3. The van der Waals surface area contributed by atoms with Crippen molar-refractivity contribution in [3.8, 4) is 0 Å². The van der Waals surface area contributed by atoms with E-state index in [0.29, 0.717) is 17.4 Å². The third-order valence-electron chi connectivity index (χ3n) is 4.19. The Hall–Kier alpha value is -2.08. The van der Waals surface area contributed by atoms with Crippen LogP contribution in [-0.4, -0.2) is 23.6 Å².